The molecule has 3 aliphatic heterocycles. The number of aromatic nitrogens is 5. The molecule has 0 saturated carbocycles. The van der Waals surface area contributed by atoms with E-state index in [4.69, 9.17) is 25.2 Å². The van der Waals surface area contributed by atoms with Crippen LogP contribution in [0.4, 0.5) is 4.39 Å². The van der Waals surface area contributed by atoms with Crippen LogP contribution in [-0.4, -0.2) is 91.3 Å². The molecule has 13 nitrogen and oxygen atoms in total. The van der Waals surface area contributed by atoms with Crippen molar-refractivity contribution in [2.24, 2.45) is 17.6 Å². The highest BCUT2D eigenvalue weighted by molar-refractivity contribution is 7.12. The Bertz CT molecular complexity index is 2580. The van der Waals surface area contributed by atoms with Crippen LogP contribution in [0.1, 0.15) is 86.7 Å². The number of likely N-dealkylation sites (tertiary alicyclic amines) is 2. The molecule has 2 amide bonds. The van der Waals surface area contributed by atoms with Crippen molar-refractivity contribution in [2.45, 2.75) is 90.4 Å². The number of methoxy groups -OCH3 is 1. The summed E-state index contributed by atoms with van der Waals surface area (Å²) in [5.41, 5.74) is 12.8. The molecule has 0 radical (unpaired) electrons. The summed E-state index contributed by atoms with van der Waals surface area (Å²) in [5.74, 6) is 1.94. The normalized spacial score (nSPS) is 21.0. The Kier molecular flexibility index (Phi) is 11.1. The zero-order valence-electron chi connectivity index (χ0n) is 35.4. The van der Waals surface area contributed by atoms with Crippen LogP contribution in [0.3, 0.4) is 0 Å². The molecule has 2 saturated heterocycles. The van der Waals surface area contributed by atoms with Crippen molar-refractivity contribution in [3.63, 3.8) is 0 Å². The van der Waals surface area contributed by atoms with E-state index in [0.717, 1.165) is 74.0 Å². The van der Waals surface area contributed by atoms with Crippen molar-refractivity contribution in [3.05, 3.63) is 88.4 Å². The van der Waals surface area contributed by atoms with Gasteiger partial charge >= 0.3 is 0 Å². The van der Waals surface area contributed by atoms with Crippen LogP contribution in [0.25, 0.3) is 44.7 Å². The van der Waals surface area contributed by atoms with Gasteiger partial charge < -0.3 is 35.0 Å². The minimum Gasteiger partial charge on any atom is -0.464 e. The van der Waals surface area contributed by atoms with Crippen molar-refractivity contribution in [1.82, 2.24) is 39.6 Å². The van der Waals surface area contributed by atoms with Crippen LogP contribution < -0.4 is 15.8 Å². The van der Waals surface area contributed by atoms with E-state index in [1.807, 2.05) is 38.8 Å². The lowest BCUT2D eigenvalue weighted by Gasteiger charge is -2.30. The van der Waals surface area contributed by atoms with Gasteiger partial charge in [0.25, 0.3) is 0 Å². The average Bonchev–Trinajstić information content (AvgIpc) is 4.11. The Morgan fingerprint density at radius 1 is 0.951 bits per heavy atom. The molecule has 7 heterocycles. The number of ether oxygens (including phenoxy) is 2. The van der Waals surface area contributed by atoms with Gasteiger partial charge in [-0.2, -0.15) is 0 Å². The number of carbonyl (C=O) groups excluding carboxylic acids is 2. The summed E-state index contributed by atoms with van der Waals surface area (Å²) in [6.07, 6.45) is 3.98. The summed E-state index contributed by atoms with van der Waals surface area (Å²) in [4.78, 5) is 49.2. The van der Waals surface area contributed by atoms with Crippen molar-refractivity contribution < 1.29 is 23.5 Å². The lowest BCUT2D eigenvalue weighted by molar-refractivity contribution is -0.136. The molecule has 320 valence electrons. The van der Waals surface area contributed by atoms with Gasteiger partial charge in [-0.05, 0) is 74.1 Å². The van der Waals surface area contributed by atoms with Crippen LogP contribution >= 0.6 is 11.3 Å². The number of thiophene rings is 1. The number of fused-ring (bicyclic) bond motifs is 5. The lowest BCUT2D eigenvalue weighted by atomic mass is 10.0. The van der Waals surface area contributed by atoms with Gasteiger partial charge in [0.2, 0.25) is 18.0 Å². The van der Waals surface area contributed by atoms with Gasteiger partial charge in [-0.1, -0.05) is 39.8 Å². The molecule has 6 unspecified atom stereocenters. The first-order valence-corrected chi connectivity index (χ1v) is 22.1. The van der Waals surface area contributed by atoms with Crippen molar-refractivity contribution >= 4 is 34.1 Å². The van der Waals surface area contributed by atoms with Crippen molar-refractivity contribution in [3.8, 4) is 39.5 Å². The van der Waals surface area contributed by atoms with Gasteiger partial charge in [0.1, 0.15) is 23.6 Å². The fourth-order valence-corrected chi connectivity index (χ4v) is 10.0. The van der Waals surface area contributed by atoms with E-state index >= 15 is 0 Å². The number of amides is 2. The number of nitrogens with one attached hydrogen (secondary N) is 3. The molecule has 61 heavy (non-hydrogen) atoms. The Hall–Kier alpha value is -5.35. The predicted molar refractivity (Wildman–Crippen MR) is 234 cm³/mol. The van der Waals surface area contributed by atoms with Gasteiger partial charge in [-0.3, -0.25) is 19.5 Å². The maximum absolute atomic E-state index is 15.0. The first kappa shape index (κ1) is 41.0. The third-order valence-corrected chi connectivity index (χ3v) is 13.5. The first-order valence-electron chi connectivity index (χ1n) is 21.3. The Balaban J connectivity index is 1.02. The molecule has 15 heteroatoms. The molecule has 0 spiro atoms. The number of nitrogens with zero attached hydrogens (tertiary/aromatic N) is 5. The minimum atomic E-state index is -1.14. The van der Waals surface area contributed by atoms with Crippen molar-refractivity contribution in [2.75, 3.05) is 26.9 Å². The van der Waals surface area contributed by atoms with Gasteiger partial charge in [0.15, 0.2) is 0 Å². The summed E-state index contributed by atoms with van der Waals surface area (Å²) < 4.78 is 29.4. The Morgan fingerprint density at radius 3 is 2.36 bits per heavy atom. The van der Waals surface area contributed by atoms with Gasteiger partial charge in [0, 0.05) is 47.0 Å². The monoisotopic (exact) mass is 847 g/mol. The maximum Gasteiger partial charge on any atom is 0.240 e. The zero-order valence-corrected chi connectivity index (χ0v) is 36.3. The number of hydrogen-bond donors (Lipinski definition) is 4. The lowest BCUT2D eigenvalue weighted by Crippen LogP contribution is -2.49. The Labute approximate surface area is 358 Å². The SMILES string of the molecule is COCNC(C(=O)N1CC(F)CC1c1ncc(-c2ccc3c(c2)cc2n3C(c3ccc(C)s3)Oc3cc(-c4cnc(C5CCCN5C(=O)C(N)C(C)C)[nH]4)ccc3-2)[nH]1)C(C)C. The smallest absolute Gasteiger partial charge is 0.240 e. The second kappa shape index (κ2) is 16.5. The third kappa shape index (κ3) is 7.55. The molecule has 9 rings (SSSR count). The van der Waals surface area contributed by atoms with E-state index in [0.29, 0.717) is 12.4 Å². The second-order valence-electron chi connectivity index (χ2n) is 17.3. The van der Waals surface area contributed by atoms with E-state index < -0.39 is 30.5 Å². The quantitative estimate of drug-likeness (QED) is 0.0906. The fraction of sp³-hybridized carbons (Fsp3) is 0.435. The number of carbonyl (C=O) groups is 2. The van der Waals surface area contributed by atoms with E-state index in [1.165, 1.54) is 4.88 Å². The molecule has 6 atom stereocenters. The van der Waals surface area contributed by atoms with Crippen LogP contribution in [0, 0.1) is 18.8 Å². The number of aromatic amines is 2. The number of halogens is 1. The molecule has 3 aliphatic rings. The van der Waals surface area contributed by atoms with Crippen LogP contribution in [-0.2, 0) is 14.3 Å². The van der Waals surface area contributed by atoms with Gasteiger partial charge in [-0.15, -0.1) is 11.3 Å². The van der Waals surface area contributed by atoms with E-state index in [1.54, 1.807) is 29.5 Å². The van der Waals surface area contributed by atoms with E-state index in [-0.39, 0.29) is 49.4 Å². The molecule has 6 aromatic rings. The number of rotatable bonds is 12. The number of H-pyrrole nitrogens is 2. The highest BCUT2D eigenvalue weighted by Gasteiger charge is 2.41. The van der Waals surface area contributed by atoms with E-state index in [9.17, 15) is 14.0 Å². The van der Waals surface area contributed by atoms with Crippen LogP contribution in [0.15, 0.2) is 67.0 Å². The summed E-state index contributed by atoms with van der Waals surface area (Å²) in [7, 11) is 1.57. The number of aryl methyl sites for hydroxylation is 1. The summed E-state index contributed by atoms with van der Waals surface area (Å²) in [5, 5.41) is 4.18. The second-order valence-corrected chi connectivity index (χ2v) is 18.6. The minimum absolute atomic E-state index is 0.0106. The molecule has 2 aromatic carbocycles. The maximum atomic E-state index is 15.0. The van der Waals surface area contributed by atoms with E-state index in [2.05, 4.69) is 81.4 Å². The number of hydrogen-bond acceptors (Lipinski definition) is 9. The molecular formula is C46H54FN9O4S. The molecule has 2 fully saturated rings. The summed E-state index contributed by atoms with van der Waals surface area (Å²) in [6.45, 7) is 10.9. The predicted octanol–water partition coefficient (Wildman–Crippen LogP) is 7.87. The van der Waals surface area contributed by atoms with Crippen molar-refractivity contribution in [1.29, 1.82) is 0 Å². The fourth-order valence-electron chi connectivity index (χ4n) is 9.15. The van der Waals surface area contributed by atoms with Gasteiger partial charge in [0.05, 0.1) is 77.3 Å². The summed E-state index contributed by atoms with van der Waals surface area (Å²) in [6, 6.07) is 17.3. The molecule has 0 aliphatic carbocycles. The van der Waals surface area contributed by atoms with Crippen LogP contribution in [0.5, 0.6) is 5.75 Å². The number of nitrogens with two attached hydrogens (primary N) is 1. The third-order valence-electron chi connectivity index (χ3n) is 12.5. The van der Waals surface area contributed by atoms with Crippen LogP contribution in [0.2, 0.25) is 0 Å². The number of alkyl halides is 1. The highest BCUT2D eigenvalue weighted by Crippen LogP contribution is 2.47. The largest absolute Gasteiger partial charge is 0.464 e. The molecule has 5 N–H and O–H groups in total. The Morgan fingerprint density at radius 2 is 1.67 bits per heavy atom. The van der Waals surface area contributed by atoms with Gasteiger partial charge in [-0.25, -0.2) is 14.4 Å². The summed E-state index contributed by atoms with van der Waals surface area (Å²) >= 11 is 1.71. The zero-order chi connectivity index (χ0) is 42.7. The standard InChI is InChI=1S/C46H54FN9O4S/c1-24(2)40(48)44(57)54-15-7-8-35(54)42-49-21-33(52-42)28-10-12-31-36-17-29-16-27(11-13-34(29)56(36)46(60-38(31)18-28)39-14-9-26(5)61-39)32-20-50-43(53-32)37-19-30(47)22-55(37)45(58)41(25(3)4)51-23-59-6/h9-14,16-18,20-21,24-25,30,35,37,40-41,46,51H,7-8,15,19,22-23,48H2,1-6H3,(H,49,52)(H,50,53). The number of benzene rings is 2. The molecule has 4 aromatic heterocycles. The topological polar surface area (TPSA) is 159 Å². The first-order chi connectivity index (χ1) is 29.4. The molecule has 0 bridgehead atoms. The molecular weight excluding hydrogens is 794 g/mol. The average molecular weight is 848 g/mol. The number of imidazole rings is 2. The highest BCUT2D eigenvalue weighted by atomic mass is 32.1.